The number of sulfonamides is 1. The summed E-state index contributed by atoms with van der Waals surface area (Å²) in [4.78, 5) is 0.299. The van der Waals surface area contributed by atoms with Crippen LogP contribution in [0.1, 0.15) is 26.2 Å². The first-order valence-corrected chi connectivity index (χ1v) is 8.61. The molecule has 2 unspecified atom stereocenters. The highest BCUT2D eigenvalue weighted by Gasteiger charge is 2.24. The van der Waals surface area contributed by atoms with Gasteiger partial charge in [-0.15, -0.1) is 0 Å². The number of nitrogens with two attached hydrogens (primary N) is 1. The van der Waals surface area contributed by atoms with E-state index in [0.29, 0.717) is 23.0 Å². The van der Waals surface area contributed by atoms with Gasteiger partial charge in [0.1, 0.15) is 4.90 Å². The third-order valence-corrected chi connectivity index (χ3v) is 5.39. The minimum atomic E-state index is -3.44. The second kappa shape index (κ2) is 6.56. The van der Waals surface area contributed by atoms with Gasteiger partial charge in [-0.05, 0) is 30.9 Å². The predicted octanol–water partition coefficient (Wildman–Crippen LogP) is 1.52. The number of benzene rings is 1. The van der Waals surface area contributed by atoms with Crippen molar-refractivity contribution in [3.63, 3.8) is 0 Å². The zero-order valence-corrected chi connectivity index (χ0v) is 12.6. The minimum absolute atomic E-state index is 0.222. The van der Waals surface area contributed by atoms with E-state index in [1.165, 1.54) is 0 Å². The van der Waals surface area contributed by atoms with E-state index in [1.54, 1.807) is 25.1 Å². The molecule has 20 heavy (non-hydrogen) atoms. The quantitative estimate of drug-likeness (QED) is 0.743. The van der Waals surface area contributed by atoms with Crippen LogP contribution in [0.5, 0.6) is 0 Å². The lowest BCUT2D eigenvalue weighted by molar-refractivity contribution is 0.504. The molecule has 1 aliphatic carbocycles. The SMILES string of the molecule is CCNS(=O)(=O)c1ccccc1NCC1CCCC1N. The van der Waals surface area contributed by atoms with Crippen molar-refractivity contribution >= 4 is 15.7 Å². The van der Waals surface area contributed by atoms with Gasteiger partial charge in [-0.3, -0.25) is 0 Å². The van der Waals surface area contributed by atoms with Gasteiger partial charge in [-0.1, -0.05) is 25.5 Å². The van der Waals surface area contributed by atoms with Gasteiger partial charge in [0.25, 0.3) is 0 Å². The summed E-state index contributed by atoms with van der Waals surface area (Å²) in [6, 6.07) is 7.21. The van der Waals surface area contributed by atoms with Crippen molar-refractivity contribution in [2.45, 2.75) is 37.1 Å². The Balaban J connectivity index is 2.12. The van der Waals surface area contributed by atoms with Crippen LogP contribution in [0.3, 0.4) is 0 Å². The predicted molar refractivity (Wildman–Crippen MR) is 81.1 cm³/mol. The largest absolute Gasteiger partial charge is 0.384 e. The molecule has 1 fully saturated rings. The molecule has 0 saturated heterocycles. The smallest absolute Gasteiger partial charge is 0.242 e. The molecule has 2 rings (SSSR count). The van der Waals surface area contributed by atoms with Gasteiger partial charge in [0.05, 0.1) is 5.69 Å². The monoisotopic (exact) mass is 297 g/mol. The van der Waals surface area contributed by atoms with Gasteiger partial charge in [-0.25, -0.2) is 13.1 Å². The number of para-hydroxylation sites is 1. The molecule has 0 heterocycles. The highest BCUT2D eigenvalue weighted by atomic mass is 32.2. The second-order valence-corrected chi connectivity index (χ2v) is 6.97. The highest BCUT2D eigenvalue weighted by Crippen LogP contribution is 2.26. The molecule has 0 bridgehead atoms. The third-order valence-electron chi connectivity index (χ3n) is 3.78. The maximum atomic E-state index is 12.1. The van der Waals surface area contributed by atoms with E-state index < -0.39 is 10.0 Å². The lowest BCUT2D eigenvalue weighted by Gasteiger charge is -2.18. The third kappa shape index (κ3) is 3.50. The summed E-state index contributed by atoms with van der Waals surface area (Å²) in [5.41, 5.74) is 6.69. The Morgan fingerprint density at radius 2 is 2.05 bits per heavy atom. The molecule has 1 saturated carbocycles. The van der Waals surface area contributed by atoms with Gasteiger partial charge in [0.2, 0.25) is 10.0 Å². The zero-order valence-electron chi connectivity index (χ0n) is 11.8. The molecule has 0 radical (unpaired) electrons. The Bertz CT molecular complexity index is 545. The first-order valence-electron chi connectivity index (χ1n) is 7.12. The Morgan fingerprint density at radius 3 is 2.70 bits per heavy atom. The molecule has 0 aromatic heterocycles. The lowest BCUT2D eigenvalue weighted by Crippen LogP contribution is -2.30. The molecule has 5 nitrogen and oxygen atoms in total. The van der Waals surface area contributed by atoms with Crippen molar-refractivity contribution in [2.75, 3.05) is 18.4 Å². The van der Waals surface area contributed by atoms with Gasteiger partial charge in [0.15, 0.2) is 0 Å². The molecule has 0 amide bonds. The van der Waals surface area contributed by atoms with Crippen molar-refractivity contribution < 1.29 is 8.42 Å². The molecule has 2 atom stereocenters. The lowest BCUT2D eigenvalue weighted by atomic mass is 10.0. The molecule has 1 aliphatic rings. The fourth-order valence-corrected chi connectivity index (χ4v) is 3.90. The van der Waals surface area contributed by atoms with Crippen LogP contribution in [0, 0.1) is 5.92 Å². The summed E-state index contributed by atoms with van der Waals surface area (Å²) in [6.45, 7) is 2.87. The number of anilines is 1. The summed E-state index contributed by atoms with van der Waals surface area (Å²) in [7, 11) is -3.44. The van der Waals surface area contributed by atoms with Crippen molar-refractivity contribution in [1.82, 2.24) is 4.72 Å². The first kappa shape index (κ1) is 15.3. The fourth-order valence-electron chi connectivity index (χ4n) is 2.67. The Kier molecular flexibility index (Phi) is 5.01. The summed E-state index contributed by atoms with van der Waals surface area (Å²) in [5, 5.41) is 3.25. The molecule has 112 valence electrons. The zero-order chi connectivity index (χ0) is 14.6. The molecule has 1 aromatic carbocycles. The highest BCUT2D eigenvalue weighted by molar-refractivity contribution is 7.89. The fraction of sp³-hybridized carbons (Fsp3) is 0.571. The van der Waals surface area contributed by atoms with Crippen LogP contribution in [0.4, 0.5) is 5.69 Å². The van der Waals surface area contributed by atoms with Crippen LogP contribution in [-0.2, 0) is 10.0 Å². The van der Waals surface area contributed by atoms with E-state index in [4.69, 9.17) is 5.73 Å². The molecule has 0 spiro atoms. The maximum absolute atomic E-state index is 12.1. The van der Waals surface area contributed by atoms with E-state index in [0.717, 1.165) is 25.8 Å². The summed E-state index contributed by atoms with van der Waals surface area (Å²) in [5.74, 6) is 0.421. The van der Waals surface area contributed by atoms with Crippen LogP contribution in [0.2, 0.25) is 0 Å². The number of hydrogen-bond donors (Lipinski definition) is 3. The second-order valence-electron chi connectivity index (χ2n) is 5.23. The molecule has 1 aromatic rings. The van der Waals surface area contributed by atoms with E-state index in [9.17, 15) is 8.42 Å². The van der Waals surface area contributed by atoms with E-state index >= 15 is 0 Å². The molecule has 0 aliphatic heterocycles. The van der Waals surface area contributed by atoms with Crippen molar-refractivity contribution in [1.29, 1.82) is 0 Å². The number of rotatable bonds is 6. The molecular weight excluding hydrogens is 274 g/mol. The normalized spacial score (nSPS) is 22.9. The molecule has 6 heteroatoms. The molecule has 4 N–H and O–H groups in total. The van der Waals surface area contributed by atoms with Crippen LogP contribution in [-0.4, -0.2) is 27.5 Å². The van der Waals surface area contributed by atoms with Crippen LogP contribution in [0.25, 0.3) is 0 Å². The molecular formula is C14H23N3O2S. The van der Waals surface area contributed by atoms with Gasteiger partial charge < -0.3 is 11.1 Å². The van der Waals surface area contributed by atoms with Gasteiger partial charge >= 0.3 is 0 Å². The Morgan fingerprint density at radius 1 is 1.30 bits per heavy atom. The van der Waals surface area contributed by atoms with E-state index in [-0.39, 0.29) is 6.04 Å². The standard InChI is InChI=1S/C14H23N3O2S/c1-2-17-20(18,19)14-9-4-3-8-13(14)16-10-11-6-5-7-12(11)15/h3-4,8-9,11-12,16-17H,2,5-7,10,15H2,1H3. The summed E-state index contributed by atoms with van der Waals surface area (Å²) >= 11 is 0. The van der Waals surface area contributed by atoms with Crippen LogP contribution < -0.4 is 15.8 Å². The minimum Gasteiger partial charge on any atom is -0.384 e. The number of nitrogens with one attached hydrogen (secondary N) is 2. The topological polar surface area (TPSA) is 84.2 Å². The van der Waals surface area contributed by atoms with Crippen LogP contribution in [0.15, 0.2) is 29.2 Å². The van der Waals surface area contributed by atoms with E-state index in [1.807, 2.05) is 6.07 Å². The van der Waals surface area contributed by atoms with Gasteiger partial charge in [-0.2, -0.15) is 0 Å². The van der Waals surface area contributed by atoms with Crippen molar-refractivity contribution in [3.8, 4) is 0 Å². The Labute approximate surface area is 121 Å². The van der Waals surface area contributed by atoms with Gasteiger partial charge in [0, 0.05) is 19.1 Å². The first-order chi connectivity index (χ1) is 9.54. The number of hydrogen-bond acceptors (Lipinski definition) is 4. The summed E-state index contributed by atoms with van der Waals surface area (Å²) in [6.07, 6.45) is 3.32. The maximum Gasteiger partial charge on any atom is 0.242 e. The average Bonchev–Trinajstić information content (AvgIpc) is 2.82. The van der Waals surface area contributed by atoms with Crippen molar-refractivity contribution in [2.24, 2.45) is 11.7 Å². The Hall–Kier alpha value is -1.11. The summed E-state index contributed by atoms with van der Waals surface area (Å²) < 4.78 is 26.8. The van der Waals surface area contributed by atoms with E-state index in [2.05, 4.69) is 10.0 Å². The van der Waals surface area contributed by atoms with Crippen molar-refractivity contribution in [3.05, 3.63) is 24.3 Å². The van der Waals surface area contributed by atoms with Crippen LogP contribution >= 0.6 is 0 Å². The average molecular weight is 297 g/mol.